The number of fused-ring (bicyclic) bond motifs is 2. The first kappa shape index (κ1) is 23.4. The Labute approximate surface area is 208 Å². The van der Waals surface area contributed by atoms with E-state index in [9.17, 15) is 18.3 Å². The lowest BCUT2D eigenvalue weighted by Gasteiger charge is -2.13. The number of hydrogen-bond donors (Lipinski definition) is 1. The summed E-state index contributed by atoms with van der Waals surface area (Å²) in [5.41, 5.74) is 1.75. The van der Waals surface area contributed by atoms with Crippen molar-refractivity contribution in [2.75, 3.05) is 0 Å². The van der Waals surface area contributed by atoms with E-state index in [0.717, 1.165) is 37.9 Å². The summed E-state index contributed by atoms with van der Waals surface area (Å²) in [6, 6.07) is 25.0. The zero-order valence-corrected chi connectivity index (χ0v) is 20.5. The monoisotopic (exact) mass is 497 g/mol. The van der Waals surface area contributed by atoms with Crippen molar-refractivity contribution in [3.8, 4) is 5.75 Å². The largest absolute Gasteiger partial charge is 0.508 e. The van der Waals surface area contributed by atoms with Gasteiger partial charge in [-0.1, -0.05) is 60.7 Å². The summed E-state index contributed by atoms with van der Waals surface area (Å²) in [7, 11) is -4.39. The molecule has 0 bridgehead atoms. The van der Waals surface area contributed by atoms with Gasteiger partial charge in [-0.25, -0.2) is 0 Å². The number of nitrogens with zero attached hydrogens (tertiary/aromatic N) is 1. The van der Waals surface area contributed by atoms with Crippen LogP contribution in [0.5, 0.6) is 5.75 Å². The molecule has 0 aliphatic rings. The molecule has 0 aliphatic carbocycles. The van der Waals surface area contributed by atoms with E-state index in [-0.39, 0.29) is 16.3 Å². The SMILES string of the molecule is Cc1cc(C=Cc2c3ccccc3cc3ccccc23)n(OS(=O)(=O)c2ccc(C)c(O)c2)c(=O)c1. The van der Waals surface area contributed by atoms with E-state index in [1.165, 1.54) is 18.2 Å². The molecular formula is C29H23NO5S. The van der Waals surface area contributed by atoms with Gasteiger partial charge in [0.1, 0.15) is 10.6 Å². The Kier molecular flexibility index (Phi) is 5.86. The summed E-state index contributed by atoms with van der Waals surface area (Å²) in [4.78, 5) is 12.6. The molecule has 36 heavy (non-hydrogen) atoms. The minimum absolute atomic E-state index is 0.182. The van der Waals surface area contributed by atoms with Gasteiger partial charge in [-0.3, -0.25) is 9.08 Å². The third kappa shape index (κ3) is 4.36. The average molecular weight is 498 g/mol. The van der Waals surface area contributed by atoms with E-state index < -0.39 is 15.7 Å². The summed E-state index contributed by atoms with van der Waals surface area (Å²) in [6.45, 7) is 3.40. The lowest BCUT2D eigenvalue weighted by atomic mass is 9.96. The van der Waals surface area contributed by atoms with E-state index in [0.29, 0.717) is 11.1 Å². The molecule has 0 amide bonds. The topological polar surface area (TPSA) is 85.6 Å². The normalized spacial score (nSPS) is 11.9. The van der Waals surface area contributed by atoms with Crippen LogP contribution in [0.2, 0.25) is 0 Å². The van der Waals surface area contributed by atoms with Crippen molar-refractivity contribution < 1.29 is 17.8 Å². The van der Waals surface area contributed by atoms with Crippen LogP contribution in [0.3, 0.4) is 0 Å². The maximum absolute atomic E-state index is 13.0. The lowest BCUT2D eigenvalue weighted by molar-refractivity contribution is 0.264. The highest BCUT2D eigenvalue weighted by molar-refractivity contribution is 7.87. The number of phenolic OH excluding ortho intramolecular Hbond substituents is 1. The second-order valence-corrected chi connectivity index (χ2v) is 10.2. The standard InChI is InChI=1S/C29H23NO5S/c1-19-15-23(30(29(32)16-19)35-36(33,34)24-13-11-20(2)28(31)18-24)12-14-27-25-9-5-3-7-21(25)17-22-8-4-6-10-26(22)27/h3-18,31H,1-2H3. The Balaban J connectivity index is 1.64. The van der Waals surface area contributed by atoms with E-state index >= 15 is 0 Å². The van der Waals surface area contributed by atoms with Crippen LogP contribution in [0.15, 0.2) is 94.6 Å². The predicted octanol–water partition coefficient (Wildman–Crippen LogP) is 5.47. The minimum atomic E-state index is -4.39. The van der Waals surface area contributed by atoms with Crippen LogP contribution in [0.25, 0.3) is 33.7 Å². The maximum atomic E-state index is 13.0. The lowest BCUT2D eigenvalue weighted by Crippen LogP contribution is -2.32. The first-order valence-corrected chi connectivity index (χ1v) is 12.7. The van der Waals surface area contributed by atoms with Gasteiger partial charge in [0.15, 0.2) is 0 Å². The Hall–Kier alpha value is -4.36. The second kappa shape index (κ2) is 9.02. The van der Waals surface area contributed by atoms with Crippen LogP contribution in [0.4, 0.5) is 0 Å². The van der Waals surface area contributed by atoms with E-state index in [1.54, 1.807) is 26.0 Å². The fraction of sp³-hybridized carbons (Fsp3) is 0.0690. The molecule has 0 spiro atoms. The number of aryl methyl sites for hydroxylation is 2. The smallest absolute Gasteiger partial charge is 0.357 e. The Morgan fingerprint density at radius 3 is 2.08 bits per heavy atom. The average Bonchev–Trinajstić information content (AvgIpc) is 2.85. The molecule has 0 radical (unpaired) electrons. The number of pyridine rings is 1. The fourth-order valence-electron chi connectivity index (χ4n) is 4.19. The van der Waals surface area contributed by atoms with Gasteiger partial charge < -0.3 is 5.11 Å². The number of aromatic hydroxyl groups is 1. The molecule has 0 unspecified atom stereocenters. The third-order valence-electron chi connectivity index (χ3n) is 6.04. The number of hydrogen-bond acceptors (Lipinski definition) is 5. The zero-order valence-electron chi connectivity index (χ0n) is 19.7. The molecule has 0 saturated heterocycles. The molecule has 0 saturated carbocycles. The van der Waals surface area contributed by atoms with Crippen LogP contribution in [-0.4, -0.2) is 18.3 Å². The Morgan fingerprint density at radius 2 is 1.44 bits per heavy atom. The second-order valence-electron chi connectivity index (χ2n) is 8.63. The van der Waals surface area contributed by atoms with Gasteiger partial charge in [0.25, 0.3) is 5.56 Å². The van der Waals surface area contributed by atoms with Crippen molar-refractivity contribution in [2.24, 2.45) is 0 Å². The molecule has 4 aromatic carbocycles. The van der Waals surface area contributed by atoms with Gasteiger partial charge in [0.05, 0.1) is 5.69 Å². The fourth-order valence-corrected chi connectivity index (χ4v) is 5.13. The summed E-state index contributed by atoms with van der Waals surface area (Å²) in [5.74, 6) is -0.182. The van der Waals surface area contributed by atoms with Crippen molar-refractivity contribution in [3.05, 3.63) is 118 Å². The molecule has 6 nitrogen and oxygen atoms in total. The van der Waals surface area contributed by atoms with Crippen LogP contribution in [0.1, 0.15) is 22.4 Å². The van der Waals surface area contributed by atoms with Gasteiger partial charge in [-0.15, -0.1) is 4.73 Å². The van der Waals surface area contributed by atoms with Gasteiger partial charge in [0.2, 0.25) is 0 Å². The van der Waals surface area contributed by atoms with Gasteiger partial charge in [-0.05, 0) is 76.4 Å². The molecule has 1 heterocycles. The summed E-state index contributed by atoms with van der Waals surface area (Å²) in [6.07, 6.45) is 3.54. The first-order chi connectivity index (χ1) is 17.2. The highest BCUT2D eigenvalue weighted by Gasteiger charge is 2.20. The van der Waals surface area contributed by atoms with Crippen LogP contribution < -0.4 is 9.84 Å². The molecule has 1 N–H and O–H groups in total. The molecular weight excluding hydrogens is 474 g/mol. The predicted molar refractivity (Wildman–Crippen MR) is 142 cm³/mol. The van der Waals surface area contributed by atoms with Crippen LogP contribution in [0, 0.1) is 13.8 Å². The van der Waals surface area contributed by atoms with Gasteiger partial charge in [0, 0.05) is 12.1 Å². The Bertz CT molecular complexity index is 1780. The number of phenols is 1. The van der Waals surface area contributed by atoms with Gasteiger partial charge >= 0.3 is 10.1 Å². The van der Waals surface area contributed by atoms with Crippen molar-refractivity contribution in [1.82, 2.24) is 4.73 Å². The van der Waals surface area contributed by atoms with Gasteiger partial charge in [-0.2, -0.15) is 8.42 Å². The zero-order chi connectivity index (χ0) is 25.4. The van der Waals surface area contributed by atoms with Crippen LogP contribution in [-0.2, 0) is 10.1 Å². The maximum Gasteiger partial charge on any atom is 0.357 e. The molecule has 5 aromatic rings. The quantitative estimate of drug-likeness (QED) is 0.326. The summed E-state index contributed by atoms with van der Waals surface area (Å²) >= 11 is 0. The number of rotatable bonds is 5. The minimum Gasteiger partial charge on any atom is -0.508 e. The van der Waals surface area contributed by atoms with Crippen molar-refractivity contribution >= 4 is 43.8 Å². The Morgan fingerprint density at radius 1 is 0.806 bits per heavy atom. The van der Waals surface area contributed by atoms with E-state index in [1.807, 2.05) is 54.6 Å². The third-order valence-corrected chi connectivity index (χ3v) is 7.21. The molecule has 0 fully saturated rings. The number of aromatic nitrogens is 1. The molecule has 180 valence electrons. The molecule has 5 rings (SSSR count). The van der Waals surface area contributed by atoms with Crippen molar-refractivity contribution in [1.29, 1.82) is 0 Å². The molecule has 1 aromatic heterocycles. The first-order valence-electron chi connectivity index (χ1n) is 11.3. The van der Waals surface area contributed by atoms with E-state index in [2.05, 4.69) is 6.07 Å². The highest BCUT2D eigenvalue weighted by Crippen LogP contribution is 2.30. The molecule has 0 atom stereocenters. The summed E-state index contributed by atoms with van der Waals surface area (Å²) < 4.78 is 32.0. The summed E-state index contributed by atoms with van der Waals surface area (Å²) in [5, 5.41) is 14.1. The van der Waals surface area contributed by atoms with Crippen LogP contribution >= 0.6 is 0 Å². The molecule has 7 heteroatoms. The van der Waals surface area contributed by atoms with E-state index in [4.69, 9.17) is 4.28 Å². The van der Waals surface area contributed by atoms with Crippen molar-refractivity contribution in [3.63, 3.8) is 0 Å². The highest BCUT2D eigenvalue weighted by atomic mass is 32.2. The molecule has 0 aliphatic heterocycles. The van der Waals surface area contributed by atoms with Crippen molar-refractivity contribution in [2.45, 2.75) is 18.7 Å². The number of benzene rings is 4.